The second-order valence-electron chi connectivity index (χ2n) is 5.00. The summed E-state index contributed by atoms with van der Waals surface area (Å²) in [5, 5.41) is 10.5. The molecule has 0 atom stereocenters. The first-order chi connectivity index (χ1) is 11.7. The van der Waals surface area contributed by atoms with Gasteiger partial charge in [0.15, 0.2) is 5.69 Å². The van der Waals surface area contributed by atoms with E-state index in [1.807, 2.05) is 29.0 Å². The third-order valence-corrected chi connectivity index (χ3v) is 3.48. The summed E-state index contributed by atoms with van der Waals surface area (Å²) in [4.78, 5) is 16.0. The van der Waals surface area contributed by atoms with E-state index in [1.54, 1.807) is 26.6 Å². The van der Waals surface area contributed by atoms with E-state index in [4.69, 9.17) is 9.47 Å². The Balaban J connectivity index is 1.98. The van der Waals surface area contributed by atoms with Crippen molar-refractivity contribution in [3.05, 3.63) is 48.2 Å². The van der Waals surface area contributed by atoms with E-state index >= 15 is 0 Å². The molecule has 8 nitrogen and oxygen atoms in total. The molecule has 24 heavy (non-hydrogen) atoms. The molecule has 1 N–H and O–H groups in total. The first kappa shape index (κ1) is 15.7. The Morgan fingerprint density at radius 3 is 2.92 bits per heavy atom. The second kappa shape index (κ2) is 6.95. The minimum atomic E-state index is -0.506. The number of nitrogens with zero attached hydrogens (tertiary/aromatic N) is 4. The summed E-state index contributed by atoms with van der Waals surface area (Å²) in [6, 6.07) is 5.58. The molecular weight excluding hydrogens is 310 g/mol. The Morgan fingerprint density at radius 1 is 1.33 bits per heavy atom. The van der Waals surface area contributed by atoms with Crippen molar-refractivity contribution in [3.63, 3.8) is 0 Å². The molecule has 0 spiro atoms. The number of benzene rings is 1. The first-order valence-corrected chi connectivity index (χ1v) is 7.43. The molecular formula is C16H17N5O3. The molecule has 3 rings (SSSR count). The maximum absolute atomic E-state index is 12.0. The zero-order chi connectivity index (χ0) is 16.9. The Labute approximate surface area is 138 Å². The Kier molecular flexibility index (Phi) is 4.55. The number of esters is 1. The van der Waals surface area contributed by atoms with Crippen molar-refractivity contribution in [1.82, 2.24) is 25.0 Å². The van der Waals surface area contributed by atoms with Gasteiger partial charge in [0.05, 0.1) is 26.6 Å². The minimum absolute atomic E-state index is 0.163. The number of imidazole rings is 1. The zero-order valence-corrected chi connectivity index (χ0v) is 13.4. The number of nitrogens with one attached hydrogen (secondary N) is 1. The lowest BCUT2D eigenvalue weighted by atomic mass is 10.1. The number of carbonyl (C=O) groups is 1. The molecule has 0 fully saturated rings. The third kappa shape index (κ3) is 3.12. The van der Waals surface area contributed by atoms with E-state index < -0.39 is 5.97 Å². The van der Waals surface area contributed by atoms with Crippen LogP contribution >= 0.6 is 0 Å². The van der Waals surface area contributed by atoms with Crippen LogP contribution in [0.2, 0.25) is 0 Å². The van der Waals surface area contributed by atoms with Crippen molar-refractivity contribution in [3.8, 4) is 17.0 Å². The molecule has 0 bridgehead atoms. The molecule has 0 saturated heterocycles. The lowest BCUT2D eigenvalue weighted by molar-refractivity contribution is 0.0520. The van der Waals surface area contributed by atoms with Crippen molar-refractivity contribution >= 4 is 5.97 Å². The van der Waals surface area contributed by atoms with Crippen LogP contribution < -0.4 is 4.74 Å². The van der Waals surface area contributed by atoms with Crippen molar-refractivity contribution < 1.29 is 14.3 Å². The van der Waals surface area contributed by atoms with E-state index in [0.29, 0.717) is 12.2 Å². The van der Waals surface area contributed by atoms with Crippen LogP contribution in [0.5, 0.6) is 5.75 Å². The summed E-state index contributed by atoms with van der Waals surface area (Å²) in [5.74, 6) is 0.238. The van der Waals surface area contributed by atoms with Gasteiger partial charge in [0.2, 0.25) is 0 Å². The molecule has 8 heteroatoms. The van der Waals surface area contributed by atoms with Gasteiger partial charge in [-0.1, -0.05) is 0 Å². The molecule has 0 unspecified atom stereocenters. The summed E-state index contributed by atoms with van der Waals surface area (Å²) in [7, 11) is 1.62. The van der Waals surface area contributed by atoms with E-state index in [2.05, 4.69) is 20.4 Å². The van der Waals surface area contributed by atoms with Crippen LogP contribution in [0.3, 0.4) is 0 Å². The molecule has 2 heterocycles. The number of hydrogen-bond acceptors (Lipinski definition) is 6. The van der Waals surface area contributed by atoms with Crippen molar-refractivity contribution in [2.75, 3.05) is 13.7 Å². The highest BCUT2D eigenvalue weighted by molar-refractivity contribution is 5.94. The van der Waals surface area contributed by atoms with Crippen LogP contribution in [0.15, 0.2) is 36.9 Å². The highest BCUT2D eigenvalue weighted by Crippen LogP contribution is 2.27. The fourth-order valence-corrected chi connectivity index (χ4v) is 2.40. The Morgan fingerprint density at radius 2 is 2.21 bits per heavy atom. The normalized spacial score (nSPS) is 10.6. The molecule has 1 aromatic carbocycles. The fraction of sp³-hybridized carbons (Fsp3) is 0.250. The maximum Gasteiger partial charge on any atom is 0.361 e. The van der Waals surface area contributed by atoms with Crippen molar-refractivity contribution in [1.29, 1.82) is 0 Å². The Bertz CT molecular complexity index is 826. The fourth-order valence-electron chi connectivity index (χ4n) is 2.40. The van der Waals surface area contributed by atoms with E-state index in [-0.39, 0.29) is 12.3 Å². The van der Waals surface area contributed by atoms with Gasteiger partial charge < -0.3 is 14.0 Å². The monoisotopic (exact) mass is 327 g/mol. The van der Waals surface area contributed by atoms with Crippen LogP contribution in [-0.4, -0.2) is 44.6 Å². The molecule has 0 aliphatic heterocycles. The number of aromatic amines is 1. The number of methoxy groups -OCH3 is 1. The highest BCUT2D eigenvalue weighted by Gasteiger charge is 2.20. The van der Waals surface area contributed by atoms with Crippen LogP contribution in [0.1, 0.15) is 23.0 Å². The summed E-state index contributed by atoms with van der Waals surface area (Å²) in [5.41, 5.74) is 2.30. The van der Waals surface area contributed by atoms with Crippen molar-refractivity contribution in [2.45, 2.75) is 13.5 Å². The Hall–Kier alpha value is -3.16. The maximum atomic E-state index is 12.0. The molecule has 0 amide bonds. The minimum Gasteiger partial charge on any atom is -0.496 e. The van der Waals surface area contributed by atoms with Crippen LogP contribution in [0.4, 0.5) is 0 Å². The van der Waals surface area contributed by atoms with Gasteiger partial charge in [-0.15, -0.1) is 5.10 Å². The largest absolute Gasteiger partial charge is 0.496 e. The van der Waals surface area contributed by atoms with E-state index in [1.165, 1.54) is 0 Å². The SMILES string of the molecule is CCOC(=O)c1n[nH]nc1-c1ccc(OC)c(Cn2ccnc2)c1. The standard InChI is InChI=1S/C16H17N5O3/c1-3-24-16(22)15-14(18-20-19-15)11-4-5-13(23-2)12(8-11)9-21-7-6-17-10-21/h4-8,10H,3,9H2,1-2H3,(H,18,19,20). The quantitative estimate of drug-likeness (QED) is 0.695. The van der Waals surface area contributed by atoms with Crippen molar-refractivity contribution in [2.24, 2.45) is 0 Å². The molecule has 2 aromatic heterocycles. The third-order valence-electron chi connectivity index (χ3n) is 3.48. The van der Waals surface area contributed by atoms with Gasteiger partial charge in [0.25, 0.3) is 0 Å². The van der Waals surface area contributed by atoms with E-state index in [9.17, 15) is 4.79 Å². The molecule has 0 radical (unpaired) electrons. The average molecular weight is 327 g/mol. The number of carbonyl (C=O) groups excluding carboxylic acids is 1. The van der Waals surface area contributed by atoms with Gasteiger partial charge in [-0.05, 0) is 25.1 Å². The zero-order valence-electron chi connectivity index (χ0n) is 13.4. The second-order valence-corrected chi connectivity index (χ2v) is 5.00. The van der Waals surface area contributed by atoms with Gasteiger partial charge in [-0.3, -0.25) is 0 Å². The van der Waals surface area contributed by atoms with Gasteiger partial charge in [-0.25, -0.2) is 9.78 Å². The van der Waals surface area contributed by atoms with Crippen LogP contribution in [0, 0.1) is 0 Å². The molecule has 0 aliphatic rings. The average Bonchev–Trinajstić information content (AvgIpc) is 3.26. The number of aromatic nitrogens is 5. The molecule has 124 valence electrons. The predicted molar refractivity (Wildman–Crippen MR) is 85.7 cm³/mol. The van der Waals surface area contributed by atoms with Gasteiger partial charge in [0.1, 0.15) is 11.4 Å². The number of hydrogen-bond donors (Lipinski definition) is 1. The lowest BCUT2D eigenvalue weighted by Crippen LogP contribution is -2.07. The predicted octanol–water partition coefficient (Wildman–Crippen LogP) is 1.90. The molecule has 3 aromatic rings. The summed E-state index contributed by atoms with van der Waals surface area (Å²) >= 11 is 0. The smallest absolute Gasteiger partial charge is 0.361 e. The molecule has 0 aliphatic carbocycles. The van der Waals surface area contributed by atoms with Gasteiger partial charge >= 0.3 is 5.97 Å². The summed E-state index contributed by atoms with van der Waals surface area (Å²) in [6.45, 7) is 2.61. The summed E-state index contributed by atoms with van der Waals surface area (Å²) < 4.78 is 12.4. The van der Waals surface area contributed by atoms with Crippen LogP contribution in [-0.2, 0) is 11.3 Å². The number of H-pyrrole nitrogens is 1. The molecule has 0 saturated carbocycles. The van der Waals surface area contributed by atoms with E-state index in [0.717, 1.165) is 16.9 Å². The number of ether oxygens (including phenoxy) is 2. The topological polar surface area (TPSA) is 94.9 Å². The van der Waals surface area contributed by atoms with Gasteiger partial charge in [0, 0.05) is 23.5 Å². The first-order valence-electron chi connectivity index (χ1n) is 7.43. The van der Waals surface area contributed by atoms with Gasteiger partial charge in [-0.2, -0.15) is 10.3 Å². The summed E-state index contributed by atoms with van der Waals surface area (Å²) in [6.07, 6.45) is 5.31. The van der Waals surface area contributed by atoms with Crippen LogP contribution in [0.25, 0.3) is 11.3 Å². The highest BCUT2D eigenvalue weighted by atomic mass is 16.5. The number of rotatable bonds is 6. The lowest BCUT2D eigenvalue weighted by Gasteiger charge is -2.11.